The van der Waals surface area contributed by atoms with Crippen LogP contribution in [0.15, 0.2) is 0 Å². The van der Waals surface area contributed by atoms with Crippen molar-refractivity contribution < 1.29 is 4.79 Å². The monoisotopic (exact) mass is 186 g/mol. The topological polar surface area (TPSA) is 46.3 Å². The van der Waals surface area contributed by atoms with E-state index in [1.165, 1.54) is 0 Å². The minimum atomic E-state index is -0.204. The molecular formula is C10H22N2O. The third-order valence-corrected chi connectivity index (χ3v) is 2.14. The van der Waals surface area contributed by atoms with Crippen LogP contribution in [0.1, 0.15) is 40.0 Å². The first-order chi connectivity index (χ1) is 6.11. The van der Waals surface area contributed by atoms with Gasteiger partial charge >= 0.3 is 0 Å². The summed E-state index contributed by atoms with van der Waals surface area (Å²) in [7, 11) is 0. The van der Waals surface area contributed by atoms with Crippen LogP contribution in [0.5, 0.6) is 0 Å². The van der Waals surface area contributed by atoms with E-state index in [9.17, 15) is 4.79 Å². The minimum Gasteiger partial charge on any atom is -0.370 e. The first kappa shape index (κ1) is 12.4. The molecule has 1 atom stereocenters. The van der Waals surface area contributed by atoms with Gasteiger partial charge in [0.2, 0.25) is 5.91 Å². The summed E-state index contributed by atoms with van der Waals surface area (Å²) in [5, 5.41) is 0. The summed E-state index contributed by atoms with van der Waals surface area (Å²) >= 11 is 0. The maximum absolute atomic E-state index is 10.7. The van der Waals surface area contributed by atoms with Crippen LogP contribution in [-0.2, 0) is 4.79 Å². The number of primary amides is 1. The first-order valence-electron chi connectivity index (χ1n) is 5.14. The summed E-state index contributed by atoms with van der Waals surface area (Å²) in [5.41, 5.74) is 5.16. The Balaban J connectivity index is 3.93. The second-order valence-electron chi connectivity index (χ2n) is 3.56. The Morgan fingerprint density at radius 2 is 1.77 bits per heavy atom. The number of nitrogens with two attached hydrogens (primary N) is 1. The second-order valence-corrected chi connectivity index (χ2v) is 3.56. The molecule has 0 aliphatic heterocycles. The molecule has 0 aliphatic carbocycles. The summed E-state index contributed by atoms with van der Waals surface area (Å²) in [4.78, 5) is 13.0. The average Bonchev–Trinajstić information content (AvgIpc) is 2.02. The molecule has 0 saturated heterocycles. The van der Waals surface area contributed by atoms with Gasteiger partial charge in [0.25, 0.3) is 0 Å². The molecule has 0 spiro atoms. The van der Waals surface area contributed by atoms with E-state index >= 15 is 0 Å². The van der Waals surface area contributed by atoms with Gasteiger partial charge in [0.1, 0.15) is 0 Å². The van der Waals surface area contributed by atoms with E-state index in [1.54, 1.807) is 0 Å². The van der Waals surface area contributed by atoms with Crippen molar-refractivity contribution in [2.24, 2.45) is 5.73 Å². The maximum Gasteiger partial charge on any atom is 0.218 e. The molecule has 0 aliphatic rings. The Bertz CT molecular complexity index is 142. The zero-order valence-electron chi connectivity index (χ0n) is 9.05. The Morgan fingerprint density at radius 1 is 1.31 bits per heavy atom. The van der Waals surface area contributed by atoms with Gasteiger partial charge in [-0.1, -0.05) is 13.8 Å². The molecule has 0 heterocycles. The van der Waals surface area contributed by atoms with E-state index in [0.29, 0.717) is 6.42 Å². The number of hydrogen-bond acceptors (Lipinski definition) is 2. The number of carbonyl (C=O) groups excluding carboxylic acids is 1. The van der Waals surface area contributed by atoms with Crippen molar-refractivity contribution in [1.29, 1.82) is 0 Å². The number of amides is 1. The molecule has 0 saturated carbocycles. The second kappa shape index (κ2) is 6.89. The summed E-state index contributed by atoms with van der Waals surface area (Å²) in [6.45, 7) is 8.49. The standard InChI is InChI=1S/C10H22N2O/c1-4-6-12(7-5-2)9(3)8-10(11)13/h9H,4-8H2,1-3H3,(H2,11,13). The Labute approximate surface area is 81.3 Å². The highest BCUT2D eigenvalue weighted by Gasteiger charge is 2.13. The van der Waals surface area contributed by atoms with Gasteiger partial charge < -0.3 is 10.6 Å². The summed E-state index contributed by atoms with van der Waals surface area (Å²) in [6, 6.07) is 0.289. The van der Waals surface area contributed by atoms with Gasteiger partial charge in [-0.25, -0.2) is 0 Å². The molecule has 0 bridgehead atoms. The molecular weight excluding hydrogens is 164 g/mol. The van der Waals surface area contributed by atoms with Crippen LogP contribution < -0.4 is 5.73 Å². The first-order valence-corrected chi connectivity index (χ1v) is 5.14. The molecule has 0 rings (SSSR count). The van der Waals surface area contributed by atoms with Crippen molar-refractivity contribution in [1.82, 2.24) is 4.90 Å². The number of rotatable bonds is 7. The van der Waals surface area contributed by atoms with E-state index in [1.807, 2.05) is 0 Å². The molecule has 13 heavy (non-hydrogen) atoms. The van der Waals surface area contributed by atoms with Crippen molar-refractivity contribution in [3.63, 3.8) is 0 Å². The lowest BCUT2D eigenvalue weighted by molar-refractivity contribution is -0.119. The fraction of sp³-hybridized carbons (Fsp3) is 0.900. The van der Waals surface area contributed by atoms with Gasteiger partial charge in [0, 0.05) is 12.5 Å². The summed E-state index contributed by atoms with van der Waals surface area (Å²) in [5.74, 6) is -0.204. The highest BCUT2D eigenvalue weighted by Crippen LogP contribution is 2.05. The van der Waals surface area contributed by atoms with Gasteiger partial charge in [-0.2, -0.15) is 0 Å². The van der Waals surface area contributed by atoms with Crippen molar-refractivity contribution >= 4 is 5.91 Å². The zero-order valence-corrected chi connectivity index (χ0v) is 9.05. The fourth-order valence-electron chi connectivity index (χ4n) is 1.55. The average molecular weight is 186 g/mol. The van der Waals surface area contributed by atoms with Gasteiger partial charge in [0.15, 0.2) is 0 Å². The molecule has 3 nitrogen and oxygen atoms in total. The number of hydrogen-bond donors (Lipinski definition) is 1. The molecule has 3 heteroatoms. The van der Waals surface area contributed by atoms with Crippen molar-refractivity contribution in [3.05, 3.63) is 0 Å². The predicted octanol–water partition coefficient (Wildman–Crippen LogP) is 1.37. The normalized spacial score (nSPS) is 13.2. The molecule has 0 fully saturated rings. The largest absolute Gasteiger partial charge is 0.370 e. The molecule has 0 aromatic carbocycles. The molecule has 1 unspecified atom stereocenters. The SMILES string of the molecule is CCCN(CCC)C(C)CC(N)=O. The van der Waals surface area contributed by atoms with Crippen LogP contribution in [0.25, 0.3) is 0 Å². The smallest absolute Gasteiger partial charge is 0.218 e. The van der Waals surface area contributed by atoms with Gasteiger partial charge in [-0.3, -0.25) is 4.79 Å². The van der Waals surface area contributed by atoms with Crippen LogP contribution in [-0.4, -0.2) is 29.9 Å². The van der Waals surface area contributed by atoms with Crippen LogP contribution in [0.4, 0.5) is 0 Å². The zero-order chi connectivity index (χ0) is 10.3. The van der Waals surface area contributed by atoms with Crippen LogP contribution in [0.2, 0.25) is 0 Å². The number of nitrogens with zero attached hydrogens (tertiary/aromatic N) is 1. The summed E-state index contributed by atoms with van der Waals surface area (Å²) in [6.07, 6.45) is 2.73. The van der Waals surface area contributed by atoms with Gasteiger partial charge in [-0.05, 0) is 32.9 Å². The third-order valence-electron chi connectivity index (χ3n) is 2.14. The molecule has 1 amide bonds. The third kappa shape index (κ3) is 5.64. The van der Waals surface area contributed by atoms with Crippen LogP contribution in [0.3, 0.4) is 0 Å². The molecule has 0 radical (unpaired) electrons. The maximum atomic E-state index is 10.7. The van der Waals surface area contributed by atoms with Crippen LogP contribution >= 0.6 is 0 Å². The van der Waals surface area contributed by atoms with E-state index in [-0.39, 0.29) is 11.9 Å². The Morgan fingerprint density at radius 3 is 2.08 bits per heavy atom. The van der Waals surface area contributed by atoms with Gasteiger partial charge in [-0.15, -0.1) is 0 Å². The van der Waals surface area contributed by atoms with Crippen molar-refractivity contribution in [2.45, 2.75) is 46.1 Å². The number of carbonyl (C=O) groups is 1. The summed E-state index contributed by atoms with van der Waals surface area (Å²) < 4.78 is 0. The highest BCUT2D eigenvalue weighted by molar-refractivity contribution is 5.74. The molecule has 2 N–H and O–H groups in total. The predicted molar refractivity (Wildman–Crippen MR) is 55.4 cm³/mol. The van der Waals surface area contributed by atoms with Crippen molar-refractivity contribution in [2.75, 3.05) is 13.1 Å². The molecule has 0 aromatic heterocycles. The van der Waals surface area contributed by atoms with E-state index in [4.69, 9.17) is 5.73 Å². The lowest BCUT2D eigenvalue weighted by Crippen LogP contribution is -2.37. The Kier molecular flexibility index (Phi) is 6.59. The fourth-order valence-corrected chi connectivity index (χ4v) is 1.55. The lowest BCUT2D eigenvalue weighted by atomic mass is 10.2. The molecule has 0 aromatic rings. The van der Waals surface area contributed by atoms with Crippen LogP contribution in [0, 0.1) is 0 Å². The minimum absolute atomic E-state index is 0.204. The Hall–Kier alpha value is -0.570. The van der Waals surface area contributed by atoms with E-state index in [0.717, 1.165) is 25.9 Å². The van der Waals surface area contributed by atoms with Crippen molar-refractivity contribution in [3.8, 4) is 0 Å². The van der Waals surface area contributed by atoms with Gasteiger partial charge in [0.05, 0.1) is 0 Å². The van der Waals surface area contributed by atoms with E-state index < -0.39 is 0 Å². The quantitative estimate of drug-likeness (QED) is 0.652. The highest BCUT2D eigenvalue weighted by atomic mass is 16.1. The van der Waals surface area contributed by atoms with E-state index in [2.05, 4.69) is 25.7 Å². The molecule has 78 valence electrons. The lowest BCUT2D eigenvalue weighted by Gasteiger charge is -2.27.